The van der Waals surface area contributed by atoms with Gasteiger partial charge in [0.2, 0.25) is 15.9 Å². The lowest BCUT2D eigenvalue weighted by Gasteiger charge is -2.34. The molecule has 1 aliphatic rings. The van der Waals surface area contributed by atoms with Gasteiger partial charge in [-0.05, 0) is 42.8 Å². The van der Waals surface area contributed by atoms with Gasteiger partial charge in [-0.3, -0.25) is 9.59 Å². The Morgan fingerprint density at radius 3 is 2.55 bits per heavy atom. The topological polar surface area (TPSA) is 96.0 Å². The van der Waals surface area contributed by atoms with Crippen LogP contribution in [0.15, 0.2) is 53.4 Å². The molecule has 1 N–H and O–H groups in total. The van der Waals surface area contributed by atoms with Gasteiger partial charge in [-0.15, -0.1) is 0 Å². The molecular weight excluding hydrogens is 442 g/mol. The fourth-order valence-corrected chi connectivity index (χ4v) is 4.36. The number of halogens is 1. The second-order valence-electron chi connectivity index (χ2n) is 7.08. The minimum Gasteiger partial charge on any atom is -0.477 e. The fourth-order valence-electron chi connectivity index (χ4n) is 3.12. The lowest BCUT2D eigenvalue weighted by atomic mass is 10.1. The molecule has 3 rings (SSSR count). The Morgan fingerprint density at radius 1 is 1.19 bits per heavy atom. The number of anilines is 1. The van der Waals surface area contributed by atoms with Gasteiger partial charge in [0.25, 0.3) is 5.91 Å². The minimum atomic E-state index is -3.89. The molecule has 0 saturated heterocycles. The second kappa shape index (κ2) is 9.67. The first-order chi connectivity index (χ1) is 14.7. The molecule has 31 heavy (non-hydrogen) atoms. The SMILES string of the molecule is CCCNC(=O)[C@H]1CN(C(=O)CN(C)S(=O)(=O)c2ccc(Cl)cc2)c2ccccc2O1. The number of carbonyl (C=O) groups is 2. The van der Waals surface area contributed by atoms with Crippen LogP contribution in [-0.2, 0) is 19.6 Å². The zero-order valence-electron chi connectivity index (χ0n) is 17.2. The van der Waals surface area contributed by atoms with Gasteiger partial charge in [0.15, 0.2) is 6.10 Å². The zero-order valence-corrected chi connectivity index (χ0v) is 18.8. The number of benzene rings is 2. The number of sulfonamides is 1. The predicted molar refractivity (Wildman–Crippen MR) is 118 cm³/mol. The van der Waals surface area contributed by atoms with Crippen LogP contribution in [0, 0.1) is 0 Å². The van der Waals surface area contributed by atoms with Crippen molar-refractivity contribution < 1.29 is 22.7 Å². The third-order valence-electron chi connectivity index (χ3n) is 4.80. The molecule has 1 atom stereocenters. The maximum Gasteiger partial charge on any atom is 0.262 e. The van der Waals surface area contributed by atoms with Gasteiger partial charge in [-0.2, -0.15) is 4.31 Å². The third kappa shape index (κ3) is 5.17. The number of para-hydroxylation sites is 2. The molecule has 2 aromatic rings. The molecule has 0 unspecified atom stereocenters. The van der Waals surface area contributed by atoms with E-state index in [9.17, 15) is 18.0 Å². The van der Waals surface area contributed by atoms with E-state index >= 15 is 0 Å². The van der Waals surface area contributed by atoms with Gasteiger partial charge < -0.3 is 15.0 Å². The summed E-state index contributed by atoms with van der Waals surface area (Å²) in [6.45, 7) is 2.02. The lowest BCUT2D eigenvalue weighted by molar-refractivity contribution is -0.128. The number of nitrogens with one attached hydrogen (secondary N) is 1. The smallest absolute Gasteiger partial charge is 0.262 e. The van der Waals surface area contributed by atoms with E-state index in [4.69, 9.17) is 16.3 Å². The number of amides is 2. The summed E-state index contributed by atoms with van der Waals surface area (Å²) in [5.41, 5.74) is 0.490. The fraction of sp³-hybridized carbons (Fsp3) is 0.333. The van der Waals surface area contributed by atoms with Crippen LogP contribution in [0.2, 0.25) is 5.02 Å². The molecule has 2 aromatic carbocycles. The number of nitrogens with zero attached hydrogens (tertiary/aromatic N) is 2. The molecule has 0 fully saturated rings. The van der Waals surface area contributed by atoms with Crippen molar-refractivity contribution in [3.05, 3.63) is 53.6 Å². The van der Waals surface area contributed by atoms with Crippen LogP contribution in [-0.4, -0.2) is 57.3 Å². The normalized spacial score (nSPS) is 15.9. The highest BCUT2D eigenvalue weighted by Crippen LogP contribution is 2.33. The molecule has 0 saturated carbocycles. The summed E-state index contributed by atoms with van der Waals surface area (Å²) < 4.78 is 32.4. The lowest BCUT2D eigenvalue weighted by Crippen LogP contribution is -2.52. The van der Waals surface area contributed by atoms with Gasteiger partial charge in [0.05, 0.1) is 23.7 Å². The summed E-state index contributed by atoms with van der Waals surface area (Å²) in [4.78, 5) is 27.0. The maximum absolute atomic E-state index is 13.1. The monoisotopic (exact) mass is 465 g/mol. The van der Waals surface area contributed by atoms with Crippen LogP contribution >= 0.6 is 11.6 Å². The van der Waals surface area contributed by atoms with Crippen molar-refractivity contribution in [1.29, 1.82) is 0 Å². The number of ether oxygens (including phenoxy) is 1. The molecule has 0 radical (unpaired) electrons. The van der Waals surface area contributed by atoms with Gasteiger partial charge in [0.1, 0.15) is 5.75 Å². The second-order valence-corrected chi connectivity index (χ2v) is 9.57. The van der Waals surface area contributed by atoms with Gasteiger partial charge >= 0.3 is 0 Å². The quantitative estimate of drug-likeness (QED) is 0.676. The van der Waals surface area contributed by atoms with Crippen molar-refractivity contribution in [2.45, 2.75) is 24.3 Å². The largest absolute Gasteiger partial charge is 0.477 e. The average Bonchev–Trinajstić information content (AvgIpc) is 2.76. The number of rotatable bonds is 7. The summed E-state index contributed by atoms with van der Waals surface area (Å²) in [7, 11) is -2.56. The molecule has 0 aromatic heterocycles. The van der Waals surface area contributed by atoms with E-state index in [1.807, 2.05) is 6.92 Å². The van der Waals surface area contributed by atoms with Crippen molar-refractivity contribution in [1.82, 2.24) is 9.62 Å². The Labute approximate surface area is 186 Å². The Hall–Kier alpha value is -2.62. The highest BCUT2D eigenvalue weighted by Gasteiger charge is 2.35. The summed E-state index contributed by atoms with van der Waals surface area (Å²) in [5.74, 6) is -0.401. The number of hydrogen-bond acceptors (Lipinski definition) is 5. The Balaban J connectivity index is 1.80. The third-order valence-corrected chi connectivity index (χ3v) is 6.87. The number of likely N-dealkylation sites (N-methyl/N-ethyl adjacent to an activating group) is 1. The molecule has 2 amide bonds. The zero-order chi connectivity index (χ0) is 22.6. The van der Waals surface area contributed by atoms with Crippen molar-refractivity contribution in [2.75, 3.05) is 31.6 Å². The van der Waals surface area contributed by atoms with Crippen molar-refractivity contribution in [3.63, 3.8) is 0 Å². The van der Waals surface area contributed by atoms with E-state index < -0.39 is 28.6 Å². The number of carbonyl (C=O) groups excluding carboxylic acids is 2. The molecular formula is C21H24ClN3O5S. The highest BCUT2D eigenvalue weighted by atomic mass is 35.5. The molecule has 166 valence electrons. The van der Waals surface area contributed by atoms with Crippen LogP contribution in [0.3, 0.4) is 0 Å². The van der Waals surface area contributed by atoms with Crippen LogP contribution in [0.1, 0.15) is 13.3 Å². The molecule has 1 aliphatic heterocycles. The van der Waals surface area contributed by atoms with Crippen LogP contribution in [0.4, 0.5) is 5.69 Å². The van der Waals surface area contributed by atoms with Gasteiger partial charge in [-0.25, -0.2) is 8.42 Å². The van der Waals surface area contributed by atoms with Gasteiger partial charge in [0, 0.05) is 18.6 Å². The minimum absolute atomic E-state index is 0.0137. The molecule has 0 aliphatic carbocycles. The van der Waals surface area contributed by atoms with E-state index in [0.29, 0.717) is 23.0 Å². The first-order valence-corrected chi connectivity index (χ1v) is 11.6. The maximum atomic E-state index is 13.1. The van der Waals surface area contributed by atoms with Crippen molar-refractivity contribution in [2.24, 2.45) is 0 Å². The van der Waals surface area contributed by atoms with Crippen molar-refractivity contribution >= 4 is 39.1 Å². The molecule has 1 heterocycles. The van der Waals surface area contributed by atoms with Crippen molar-refractivity contribution in [3.8, 4) is 5.75 Å². The Bertz CT molecular complexity index is 1060. The molecule has 0 spiro atoms. The first-order valence-electron chi connectivity index (χ1n) is 9.79. The molecule has 10 heteroatoms. The number of fused-ring (bicyclic) bond motifs is 1. The number of hydrogen-bond donors (Lipinski definition) is 1. The van der Waals surface area contributed by atoms with E-state index in [2.05, 4.69) is 5.32 Å². The summed E-state index contributed by atoms with van der Waals surface area (Å²) in [5, 5.41) is 3.18. The summed E-state index contributed by atoms with van der Waals surface area (Å²) in [6, 6.07) is 12.6. The first kappa shape index (κ1) is 23.1. The molecule has 0 bridgehead atoms. The van der Waals surface area contributed by atoms with Gasteiger partial charge in [-0.1, -0.05) is 30.7 Å². The summed E-state index contributed by atoms with van der Waals surface area (Å²) >= 11 is 5.83. The van der Waals surface area contributed by atoms with E-state index in [-0.39, 0.29) is 17.3 Å². The van der Waals surface area contributed by atoms with Crippen LogP contribution in [0.5, 0.6) is 5.75 Å². The van der Waals surface area contributed by atoms with Crippen LogP contribution in [0.25, 0.3) is 0 Å². The van der Waals surface area contributed by atoms with Crippen LogP contribution < -0.4 is 15.0 Å². The average molecular weight is 466 g/mol. The van der Waals surface area contributed by atoms with E-state index in [0.717, 1.165) is 10.7 Å². The Kier molecular flexibility index (Phi) is 7.19. The van der Waals surface area contributed by atoms with E-state index in [1.54, 1.807) is 24.3 Å². The highest BCUT2D eigenvalue weighted by molar-refractivity contribution is 7.89. The molecule has 8 nitrogen and oxygen atoms in total. The summed E-state index contributed by atoms with van der Waals surface area (Å²) in [6.07, 6.45) is -0.117. The van der Waals surface area contributed by atoms with E-state index in [1.165, 1.54) is 36.2 Å². The predicted octanol–water partition coefficient (Wildman–Crippen LogP) is 2.28. The Morgan fingerprint density at radius 2 is 1.87 bits per heavy atom. The standard InChI is InChI=1S/C21H24ClN3O5S/c1-3-12-23-21(27)19-13-25(17-6-4-5-7-18(17)30-19)20(26)14-24(2)31(28,29)16-10-8-15(22)9-11-16/h4-11,19H,3,12-14H2,1-2H3,(H,23,27)/t19-/m1/s1.